The number of rotatable bonds is 4. The van der Waals surface area contributed by atoms with Gasteiger partial charge in [-0.2, -0.15) is 0 Å². The number of amides is 1. The molecule has 1 aliphatic rings. The highest BCUT2D eigenvalue weighted by Gasteiger charge is 2.39. The van der Waals surface area contributed by atoms with Crippen molar-refractivity contribution in [3.8, 4) is 0 Å². The van der Waals surface area contributed by atoms with E-state index in [2.05, 4.69) is 0 Å². The van der Waals surface area contributed by atoms with E-state index >= 15 is 0 Å². The molecular weight excluding hydrogens is 212 g/mol. The molecule has 1 fully saturated rings. The van der Waals surface area contributed by atoms with Crippen molar-refractivity contribution in [2.75, 3.05) is 13.1 Å². The second-order valence-corrected chi connectivity index (χ2v) is 4.21. The Bertz CT molecular complexity index is 282. The smallest absolute Gasteiger partial charge is 0.326 e. The quantitative estimate of drug-likeness (QED) is 0.575. The lowest BCUT2D eigenvalue weighted by Crippen LogP contribution is -2.43. The van der Waals surface area contributed by atoms with Gasteiger partial charge in [0.1, 0.15) is 6.04 Å². The normalized spacial score (nSPS) is 26.8. The summed E-state index contributed by atoms with van der Waals surface area (Å²) >= 11 is 0. The third-order valence-electron chi connectivity index (χ3n) is 2.87. The number of aliphatic hydroxyl groups excluding tert-OH is 1. The van der Waals surface area contributed by atoms with Crippen molar-refractivity contribution in [2.45, 2.75) is 31.9 Å². The number of carbonyl (C=O) groups is 2. The van der Waals surface area contributed by atoms with Crippen LogP contribution >= 0.6 is 0 Å². The molecule has 3 unspecified atom stereocenters. The SMILES string of the molecule is CC(CCN)C(=O)N1CC(O)CC1C(=O)O. The lowest BCUT2D eigenvalue weighted by Gasteiger charge is -2.24. The first-order valence-corrected chi connectivity index (χ1v) is 5.38. The van der Waals surface area contributed by atoms with Crippen LogP contribution in [0.2, 0.25) is 0 Å². The fourth-order valence-corrected chi connectivity index (χ4v) is 1.95. The zero-order valence-corrected chi connectivity index (χ0v) is 9.30. The molecule has 1 aliphatic heterocycles. The summed E-state index contributed by atoms with van der Waals surface area (Å²) in [5.41, 5.74) is 5.35. The lowest BCUT2D eigenvalue weighted by atomic mass is 10.1. The van der Waals surface area contributed by atoms with Gasteiger partial charge in [0.2, 0.25) is 5.91 Å². The molecule has 0 saturated carbocycles. The summed E-state index contributed by atoms with van der Waals surface area (Å²) in [7, 11) is 0. The fourth-order valence-electron chi connectivity index (χ4n) is 1.95. The molecule has 0 spiro atoms. The summed E-state index contributed by atoms with van der Waals surface area (Å²) in [6, 6.07) is -0.900. The van der Waals surface area contributed by atoms with Gasteiger partial charge in [-0.25, -0.2) is 4.79 Å². The van der Waals surface area contributed by atoms with Crippen molar-refractivity contribution in [1.29, 1.82) is 0 Å². The molecule has 92 valence electrons. The number of carboxylic acids is 1. The third-order valence-corrected chi connectivity index (χ3v) is 2.87. The van der Waals surface area contributed by atoms with Crippen LogP contribution in [0.3, 0.4) is 0 Å². The number of aliphatic hydroxyl groups is 1. The molecule has 0 aromatic rings. The van der Waals surface area contributed by atoms with E-state index in [1.54, 1.807) is 6.92 Å². The topological polar surface area (TPSA) is 104 Å². The molecule has 1 heterocycles. The Kier molecular flexibility index (Phi) is 4.26. The Morgan fingerprint density at radius 1 is 1.56 bits per heavy atom. The van der Waals surface area contributed by atoms with Gasteiger partial charge < -0.3 is 20.8 Å². The number of hydrogen-bond acceptors (Lipinski definition) is 4. The minimum absolute atomic E-state index is 0.102. The molecule has 6 nitrogen and oxygen atoms in total. The molecule has 6 heteroatoms. The number of likely N-dealkylation sites (tertiary alicyclic amines) is 1. The number of carboxylic acid groups (broad SMARTS) is 1. The van der Waals surface area contributed by atoms with Crippen LogP contribution in [0.5, 0.6) is 0 Å². The van der Waals surface area contributed by atoms with Crippen LogP contribution in [0, 0.1) is 5.92 Å². The predicted molar refractivity (Wildman–Crippen MR) is 56.6 cm³/mol. The van der Waals surface area contributed by atoms with Crippen molar-refractivity contribution in [3.63, 3.8) is 0 Å². The summed E-state index contributed by atoms with van der Waals surface area (Å²) < 4.78 is 0. The Morgan fingerprint density at radius 3 is 2.69 bits per heavy atom. The number of aliphatic carboxylic acids is 1. The number of nitrogens with zero attached hydrogens (tertiary/aromatic N) is 1. The van der Waals surface area contributed by atoms with Gasteiger partial charge >= 0.3 is 5.97 Å². The average molecular weight is 230 g/mol. The van der Waals surface area contributed by atoms with Crippen LogP contribution in [-0.4, -0.2) is 52.2 Å². The molecule has 4 N–H and O–H groups in total. The summed E-state index contributed by atoms with van der Waals surface area (Å²) in [4.78, 5) is 24.0. The predicted octanol–water partition coefficient (Wildman–Crippen LogP) is -0.982. The molecule has 1 amide bonds. The van der Waals surface area contributed by atoms with Gasteiger partial charge in [0.15, 0.2) is 0 Å². The number of β-amino-alcohol motifs (C(OH)–C–C–N with tert-alkyl or cyclic N) is 1. The highest BCUT2D eigenvalue weighted by molar-refractivity contribution is 5.85. The van der Waals surface area contributed by atoms with Gasteiger partial charge in [-0.1, -0.05) is 6.92 Å². The maximum Gasteiger partial charge on any atom is 0.326 e. The maximum absolute atomic E-state index is 11.9. The van der Waals surface area contributed by atoms with Crippen LogP contribution in [0.15, 0.2) is 0 Å². The average Bonchev–Trinajstić information content (AvgIpc) is 2.59. The van der Waals surface area contributed by atoms with E-state index in [4.69, 9.17) is 10.8 Å². The summed E-state index contributed by atoms with van der Waals surface area (Å²) in [6.45, 7) is 2.21. The van der Waals surface area contributed by atoms with E-state index in [0.29, 0.717) is 13.0 Å². The van der Waals surface area contributed by atoms with E-state index in [-0.39, 0.29) is 24.8 Å². The highest BCUT2D eigenvalue weighted by atomic mass is 16.4. The standard InChI is InChI=1S/C10H18N2O4/c1-6(2-3-11)9(14)12-5-7(13)4-8(12)10(15)16/h6-8,13H,2-5,11H2,1H3,(H,15,16). The van der Waals surface area contributed by atoms with E-state index < -0.39 is 18.1 Å². The first-order valence-electron chi connectivity index (χ1n) is 5.38. The molecule has 1 saturated heterocycles. The van der Waals surface area contributed by atoms with E-state index in [9.17, 15) is 14.7 Å². The fraction of sp³-hybridized carbons (Fsp3) is 0.800. The largest absolute Gasteiger partial charge is 0.480 e. The van der Waals surface area contributed by atoms with Crippen molar-refractivity contribution in [3.05, 3.63) is 0 Å². The van der Waals surface area contributed by atoms with Crippen molar-refractivity contribution >= 4 is 11.9 Å². The molecule has 3 atom stereocenters. The number of hydrogen-bond donors (Lipinski definition) is 3. The molecule has 1 rings (SSSR count). The van der Waals surface area contributed by atoms with Crippen molar-refractivity contribution in [2.24, 2.45) is 11.7 Å². The zero-order chi connectivity index (χ0) is 12.3. The van der Waals surface area contributed by atoms with E-state index in [1.165, 1.54) is 4.90 Å². The van der Waals surface area contributed by atoms with Crippen molar-refractivity contribution in [1.82, 2.24) is 4.90 Å². The van der Waals surface area contributed by atoms with Crippen LogP contribution in [0.1, 0.15) is 19.8 Å². The Morgan fingerprint density at radius 2 is 2.19 bits per heavy atom. The van der Waals surface area contributed by atoms with Crippen LogP contribution in [0.4, 0.5) is 0 Å². The molecule has 16 heavy (non-hydrogen) atoms. The second kappa shape index (κ2) is 5.27. The van der Waals surface area contributed by atoms with Crippen LogP contribution in [0.25, 0.3) is 0 Å². The summed E-state index contributed by atoms with van der Waals surface area (Å²) in [5, 5.41) is 18.3. The Hall–Kier alpha value is -1.14. The van der Waals surface area contributed by atoms with Gasteiger partial charge in [0.05, 0.1) is 6.10 Å². The Labute approximate surface area is 94.0 Å². The zero-order valence-electron chi connectivity index (χ0n) is 9.30. The minimum Gasteiger partial charge on any atom is -0.480 e. The van der Waals surface area contributed by atoms with Gasteiger partial charge in [0.25, 0.3) is 0 Å². The molecule has 0 aromatic heterocycles. The monoisotopic (exact) mass is 230 g/mol. The molecule has 0 aromatic carbocycles. The Balaban J connectivity index is 2.70. The number of nitrogens with two attached hydrogens (primary N) is 1. The van der Waals surface area contributed by atoms with E-state index in [1.807, 2.05) is 0 Å². The summed E-state index contributed by atoms with van der Waals surface area (Å²) in [6.07, 6.45) is -0.108. The van der Waals surface area contributed by atoms with Gasteiger partial charge in [-0.3, -0.25) is 4.79 Å². The minimum atomic E-state index is -1.06. The molecular formula is C10H18N2O4. The first-order chi connectivity index (χ1) is 7.47. The summed E-state index contributed by atoms with van der Waals surface area (Å²) in [5.74, 6) is -1.60. The number of carbonyl (C=O) groups excluding carboxylic acids is 1. The van der Waals surface area contributed by atoms with Crippen LogP contribution < -0.4 is 5.73 Å². The van der Waals surface area contributed by atoms with Crippen LogP contribution in [-0.2, 0) is 9.59 Å². The molecule has 0 bridgehead atoms. The molecule has 0 aliphatic carbocycles. The van der Waals surface area contributed by atoms with Gasteiger partial charge in [0, 0.05) is 18.9 Å². The second-order valence-electron chi connectivity index (χ2n) is 4.21. The van der Waals surface area contributed by atoms with Crippen molar-refractivity contribution < 1.29 is 19.8 Å². The van der Waals surface area contributed by atoms with Gasteiger partial charge in [-0.05, 0) is 13.0 Å². The van der Waals surface area contributed by atoms with E-state index in [0.717, 1.165) is 0 Å². The van der Waals surface area contributed by atoms with Gasteiger partial charge in [-0.15, -0.1) is 0 Å². The maximum atomic E-state index is 11.9. The lowest BCUT2D eigenvalue weighted by molar-refractivity contribution is -0.149. The third kappa shape index (κ3) is 2.70. The first kappa shape index (κ1) is 12.9. The molecule has 0 radical (unpaired) electrons. The highest BCUT2D eigenvalue weighted by Crippen LogP contribution is 2.21.